The lowest BCUT2D eigenvalue weighted by atomic mass is 10.9. The van der Waals surface area contributed by atoms with Crippen LogP contribution in [0, 0.1) is 0 Å². The molecule has 0 aliphatic heterocycles. The van der Waals surface area contributed by atoms with Gasteiger partial charge in [-0.05, 0) is 0 Å². The Balaban J connectivity index is 4.43. The van der Waals surface area contributed by atoms with Gasteiger partial charge in [-0.15, -0.1) is 0 Å². The van der Waals surface area contributed by atoms with Crippen LogP contribution in [0.15, 0.2) is 0 Å². The molecule has 0 bridgehead atoms. The van der Waals surface area contributed by atoms with Crippen molar-refractivity contribution in [3.8, 4) is 0 Å². The monoisotopic (exact) mass is 300 g/mol. The van der Waals surface area contributed by atoms with Crippen molar-refractivity contribution in [2.45, 2.75) is 13.8 Å². The Morgan fingerprint density at radius 1 is 0.941 bits per heavy atom. The molecular formula is C8H16N2O4S3. The normalized spacial score (nSPS) is 12.1. The van der Waals surface area contributed by atoms with Crippen LogP contribution in [0.3, 0.4) is 0 Å². The quantitative estimate of drug-likeness (QED) is 0.668. The Bertz CT molecular complexity index is 352. The number of carbonyl (C=O) groups excluding carboxylic acids is 2. The first kappa shape index (κ1) is 16.9. The second kappa shape index (κ2) is 7.37. The Morgan fingerprint density at radius 3 is 1.47 bits per heavy atom. The lowest BCUT2D eigenvalue weighted by Gasteiger charge is -2.22. The summed E-state index contributed by atoms with van der Waals surface area (Å²) >= 11 is 1.83. The number of rotatable bonds is 6. The highest BCUT2D eigenvalue weighted by atomic mass is 32.2. The first-order valence-electron chi connectivity index (χ1n) is 4.62. The number of hydrogen-bond donors (Lipinski definition) is 0. The van der Waals surface area contributed by atoms with E-state index in [1.165, 1.54) is 27.9 Å². The van der Waals surface area contributed by atoms with Crippen molar-refractivity contribution in [2.24, 2.45) is 0 Å². The highest BCUT2D eigenvalue weighted by Gasteiger charge is 2.24. The SMILES string of the molecule is CC(=O)SCN(C)S(=O)(=O)N(C)CSC(C)=O. The first-order chi connectivity index (χ1) is 7.67. The molecule has 0 aliphatic rings. The van der Waals surface area contributed by atoms with Crippen molar-refractivity contribution in [3.05, 3.63) is 0 Å². The fourth-order valence-corrected chi connectivity index (χ4v) is 3.32. The van der Waals surface area contributed by atoms with Crippen molar-refractivity contribution in [3.63, 3.8) is 0 Å². The summed E-state index contributed by atoms with van der Waals surface area (Å²) in [7, 11) is -0.832. The minimum atomic E-state index is -3.61. The van der Waals surface area contributed by atoms with Crippen LogP contribution >= 0.6 is 23.5 Å². The van der Waals surface area contributed by atoms with Crippen LogP contribution < -0.4 is 0 Å². The highest BCUT2D eigenvalue weighted by Crippen LogP contribution is 2.13. The van der Waals surface area contributed by atoms with Gasteiger partial charge in [-0.2, -0.15) is 17.0 Å². The maximum Gasteiger partial charge on any atom is 0.283 e. The molecule has 0 rings (SSSR count). The van der Waals surface area contributed by atoms with Gasteiger partial charge in [0.25, 0.3) is 10.2 Å². The van der Waals surface area contributed by atoms with E-state index in [0.717, 1.165) is 32.1 Å². The molecule has 0 radical (unpaired) electrons. The van der Waals surface area contributed by atoms with Crippen molar-refractivity contribution in [1.82, 2.24) is 8.61 Å². The van der Waals surface area contributed by atoms with Gasteiger partial charge in [-0.3, -0.25) is 9.59 Å². The predicted octanol–water partition coefficient (Wildman–Crippen LogP) is 0.569. The van der Waals surface area contributed by atoms with E-state index in [4.69, 9.17) is 0 Å². The molecule has 0 heterocycles. The summed E-state index contributed by atoms with van der Waals surface area (Å²) in [5.41, 5.74) is 0. The van der Waals surface area contributed by atoms with Crippen LogP contribution in [0.25, 0.3) is 0 Å². The smallest absolute Gasteiger partial charge is 0.283 e. The molecule has 0 saturated heterocycles. The zero-order valence-corrected chi connectivity index (χ0v) is 12.6. The summed E-state index contributed by atoms with van der Waals surface area (Å²) in [6.07, 6.45) is 0. The van der Waals surface area contributed by atoms with E-state index in [2.05, 4.69) is 0 Å². The third-order valence-corrected chi connectivity index (χ3v) is 5.69. The molecule has 0 aliphatic carbocycles. The molecule has 0 aromatic carbocycles. The van der Waals surface area contributed by atoms with Gasteiger partial charge in [0.05, 0.1) is 11.8 Å². The average Bonchev–Trinajstić information content (AvgIpc) is 2.21. The zero-order valence-electron chi connectivity index (χ0n) is 10.2. The minimum absolute atomic E-state index is 0.0622. The molecule has 100 valence electrons. The molecule has 0 saturated carbocycles. The summed E-state index contributed by atoms with van der Waals surface area (Å²) in [6.45, 7) is 2.75. The molecule has 0 aromatic heterocycles. The van der Waals surface area contributed by atoms with Crippen molar-refractivity contribution < 1.29 is 18.0 Å². The minimum Gasteiger partial charge on any atom is -0.288 e. The summed E-state index contributed by atoms with van der Waals surface area (Å²) in [5.74, 6) is 0.124. The fourth-order valence-electron chi connectivity index (χ4n) is 0.735. The lowest BCUT2D eigenvalue weighted by Crippen LogP contribution is -2.39. The van der Waals surface area contributed by atoms with Gasteiger partial charge < -0.3 is 0 Å². The van der Waals surface area contributed by atoms with Crippen molar-refractivity contribution in [2.75, 3.05) is 25.8 Å². The summed E-state index contributed by atoms with van der Waals surface area (Å²) < 4.78 is 25.9. The maximum atomic E-state index is 11.9. The number of carbonyl (C=O) groups is 2. The summed E-state index contributed by atoms with van der Waals surface area (Å²) in [6, 6.07) is 0. The van der Waals surface area contributed by atoms with E-state index in [1.807, 2.05) is 0 Å². The van der Waals surface area contributed by atoms with Crippen LogP contribution in [0.4, 0.5) is 0 Å². The molecule has 0 atom stereocenters. The number of nitrogens with zero attached hydrogens (tertiary/aromatic N) is 2. The van der Waals surface area contributed by atoms with Gasteiger partial charge >= 0.3 is 0 Å². The van der Waals surface area contributed by atoms with Gasteiger partial charge in [0.1, 0.15) is 0 Å². The third-order valence-electron chi connectivity index (χ3n) is 1.69. The van der Waals surface area contributed by atoms with Crippen LogP contribution in [0.2, 0.25) is 0 Å². The first-order valence-corrected chi connectivity index (χ1v) is 7.99. The molecule has 9 heteroatoms. The molecular weight excluding hydrogens is 284 g/mol. The zero-order chi connectivity index (χ0) is 13.6. The van der Waals surface area contributed by atoms with E-state index >= 15 is 0 Å². The van der Waals surface area contributed by atoms with Gasteiger partial charge in [0.15, 0.2) is 10.2 Å². The lowest BCUT2D eigenvalue weighted by molar-refractivity contribution is -0.109. The van der Waals surface area contributed by atoms with Crippen LogP contribution in [0.1, 0.15) is 13.8 Å². The Kier molecular flexibility index (Phi) is 7.33. The predicted molar refractivity (Wildman–Crippen MR) is 70.7 cm³/mol. The van der Waals surface area contributed by atoms with Gasteiger partial charge in [-0.1, -0.05) is 23.5 Å². The molecule has 0 unspecified atom stereocenters. The largest absolute Gasteiger partial charge is 0.288 e. The molecule has 0 N–H and O–H groups in total. The average molecular weight is 300 g/mol. The number of thioether (sulfide) groups is 2. The standard InChI is InChI=1S/C8H16N2O4S3/c1-7(11)15-5-9(3)17(13,14)10(4)6-16-8(2)12/h5-6H2,1-4H3. The summed E-state index contributed by atoms with van der Waals surface area (Å²) in [5, 5.41) is -0.291. The molecule has 0 spiro atoms. The summed E-state index contributed by atoms with van der Waals surface area (Å²) in [4.78, 5) is 21.5. The third kappa shape index (κ3) is 6.41. The van der Waals surface area contributed by atoms with Gasteiger partial charge in [-0.25, -0.2) is 0 Å². The number of hydrogen-bond acceptors (Lipinski definition) is 6. The van der Waals surface area contributed by atoms with Crippen molar-refractivity contribution >= 4 is 44.0 Å². The molecule has 0 aromatic rings. The Hall–Kier alpha value is -0.0900. The van der Waals surface area contributed by atoms with Gasteiger partial charge in [0.2, 0.25) is 0 Å². The fraction of sp³-hybridized carbons (Fsp3) is 0.750. The topological polar surface area (TPSA) is 74.8 Å². The molecule has 6 nitrogen and oxygen atoms in total. The maximum absolute atomic E-state index is 11.9. The van der Waals surface area contributed by atoms with Crippen LogP contribution in [-0.2, 0) is 19.8 Å². The Morgan fingerprint density at radius 2 is 1.24 bits per heavy atom. The Labute approximate surface area is 110 Å². The van der Waals surface area contributed by atoms with E-state index in [0.29, 0.717) is 0 Å². The molecule has 0 fully saturated rings. The van der Waals surface area contributed by atoms with E-state index in [-0.39, 0.29) is 22.0 Å². The van der Waals surface area contributed by atoms with E-state index < -0.39 is 10.2 Å². The second-order valence-electron chi connectivity index (χ2n) is 3.23. The molecule has 0 amide bonds. The van der Waals surface area contributed by atoms with E-state index in [1.54, 1.807) is 0 Å². The van der Waals surface area contributed by atoms with Crippen LogP contribution in [-0.4, -0.2) is 53.1 Å². The van der Waals surface area contributed by atoms with E-state index in [9.17, 15) is 18.0 Å². The molecule has 17 heavy (non-hydrogen) atoms. The highest BCUT2D eigenvalue weighted by molar-refractivity contribution is 8.14. The second-order valence-corrected chi connectivity index (χ2v) is 7.62. The van der Waals surface area contributed by atoms with Crippen LogP contribution in [0.5, 0.6) is 0 Å². The van der Waals surface area contributed by atoms with Crippen molar-refractivity contribution in [1.29, 1.82) is 0 Å². The van der Waals surface area contributed by atoms with Gasteiger partial charge in [0, 0.05) is 27.9 Å².